The number of pyridine rings is 1. The Kier molecular flexibility index (Phi) is 3.12. The summed E-state index contributed by atoms with van der Waals surface area (Å²) in [5, 5.41) is 4.44. The van der Waals surface area contributed by atoms with Gasteiger partial charge in [-0.2, -0.15) is 0 Å². The van der Waals surface area contributed by atoms with Crippen molar-refractivity contribution in [3.63, 3.8) is 0 Å². The Balaban J connectivity index is 2.21. The number of thiazole rings is 1. The van der Waals surface area contributed by atoms with Crippen LogP contribution in [0.3, 0.4) is 0 Å². The molecule has 0 amide bonds. The maximum atomic E-state index is 6.30. The molecule has 3 nitrogen and oxygen atoms in total. The molecule has 0 radical (unpaired) electrons. The highest BCUT2D eigenvalue weighted by atomic mass is 35.5. The molecule has 0 saturated heterocycles. The zero-order chi connectivity index (χ0) is 13.4. The summed E-state index contributed by atoms with van der Waals surface area (Å²) in [4.78, 5) is 9.04. The largest absolute Gasteiger partial charge is 0.495 e. The van der Waals surface area contributed by atoms with E-state index in [9.17, 15) is 0 Å². The number of ether oxygens (including phenoxy) is 1. The van der Waals surface area contributed by atoms with Crippen molar-refractivity contribution in [3.05, 3.63) is 40.4 Å². The number of nitrogens with zero attached hydrogens (tertiary/aromatic N) is 2. The normalized spacial score (nSPS) is 10.9. The number of hydrogen-bond acceptors (Lipinski definition) is 4. The van der Waals surface area contributed by atoms with E-state index in [4.69, 9.17) is 16.3 Å². The molecular formula is C14H11ClN2OS. The number of methoxy groups -OCH3 is 1. The summed E-state index contributed by atoms with van der Waals surface area (Å²) in [5.41, 5.74) is 2.57. The predicted molar refractivity (Wildman–Crippen MR) is 79.2 cm³/mol. The Morgan fingerprint density at radius 3 is 2.63 bits per heavy atom. The summed E-state index contributed by atoms with van der Waals surface area (Å²) < 4.78 is 5.22. The van der Waals surface area contributed by atoms with E-state index in [2.05, 4.69) is 9.97 Å². The average Bonchev–Trinajstić information content (AvgIpc) is 2.86. The van der Waals surface area contributed by atoms with E-state index >= 15 is 0 Å². The third-order valence-corrected chi connectivity index (χ3v) is 4.17. The van der Waals surface area contributed by atoms with E-state index < -0.39 is 0 Å². The van der Waals surface area contributed by atoms with Crippen LogP contribution < -0.4 is 4.74 Å². The smallest absolute Gasteiger partial charge is 0.142 e. The van der Waals surface area contributed by atoms with Gasteiger partial charge in [0.05, 0.1) is 18.3 Å². The highest BCUT2D eigenvalue weighted by Gasteiger charge is 2.10. The second-order valence-electron chi connectivity index (χ2n) is 4.14. The van der Waals surface area contributed by atoms with Crippen LogP contribution in [0.2, 0.25) is 5.02 Å². The maximum absolute atomic E-state index is 6.30. The number of aryl methyl sites for hydroxylation is 1. The Morgan fingerprint density at radius 1 is 1.16 bits per heavy atom. The molecule has 0 atom stereocenters. The van der Waals surface area contributed by atoms with Gasteiger partial charge in [0, 0.05) is 16.5 Å². The monoisotopic (exact) mass is 290 g/mol. The van der Waals surface area contributed by atoms with Gasteiger partial charge in [0.25, 0.3) is 0 Å². The fourth-order valence-electron chi connectivity index (χ4n) is 1.88. The van der Waals surface area contributed by atoms with Crippen molar-refractivity contribution in [1.82, 2.24) is 9.97 Å². The first kappa shape index (κ1) is 12.4. The second kappa shape index (κ2) is 4.79. The van der Waals surface area contributed by atoms with Gasteiger partial charge in [-0.05, 0) is 25.1 Å². The minimum absolute atomic E-state index is 0.537. The predicted octanol–water partition coefficient (Wildman–Crippen LogP) is 4.33. The van der Waals surface area contributed by atoms with Gasteiger partial charge in [0.15, 0.2) is 0 Å². The van der Waals surface area contributed by atoms with Gasteiger partial charge in [-0.15, -0.1) is 11.3 Å². The molecule has 3 aromatic rings. The van der Waals surface area contributed by atoms with Crippen LogP contribution in [0.25, 0.3) is 21.6 Å². The quantitative estimate of drug-likeness (QED) is 0.704. The lowest BCUT2D eigenvalue weighted by Gasteiger charge is -2.06. The fourth-order valence-corrected chi connectivity index (χ4v) is 2.94. The van der Waals surface area contributed by atoms with Crippen molar-refractivity contribution in [1.29, 1.82) is 0 Å². The Labute approximate surface area is 119 Å². The number of hydrogen-bond donors (Lipinski definition) is 0. The third kappa shape index (κ3) is 2.17. The Morgan fingerprint density at radius 2 is 1.95 bits per heavy atom. The topological polar surface area (TPSA) is 35.0 Å². The van der Waals surface area contributed by atoms with Crippen LogP contribution in [-0.2, 0) is 0 Å². The molecule has 0 saturated carbocycles. The van der Waals surface area contributed by atoms with Crippen LogP contribution in [0.15, 0.2) is 29.6 Å². The highest BCUT2D eigenvalue weighted by molar-refractivity contribution is 7.13. The number of benzene rings is 1. The average molecular weight is 291 g/mol. The van der Waals surface area contributed by atoms with E-state index in [-0.39, 0.29) is 0 Å². The van der Waals surface area contributed by atoms with Gasteiger partial charge in [0.1, 0.15) is 15.8 Å². The summed E-state index contributed by atoms with van der Waals surface area (Å²) in [6.45, 7) is 1.97. The number of rotatable bonds is 2. The van der Waals surface area contributed by atoms with Gasteiger partial charge < -0.3 is 4.74 Å². The molecule has 2 heterocycles. The third-order valence-electron chi connectivity index (χ3n) is 2.82. The first-order valence-electron chi connectivity index (χ1n) is 5.75. The molecule has 0 N–H and O–H groups in total. The zero-order valence-corrected chi connectivity index (χ0v) is 12.0. The number of fused-ring (bicyclic) bond motifs is 1. The minimum Gasteiger partial charge on any atom is -0.495 e. The van der Waals surface area contributed by atoms with Crippen molar-refractivity contribution >= 4 is 33.8 Å². The molecule has 19 heavy (non-hydrogen) atoms. The molecule has 0 aliphatic rings. The number of aromatic nitrogens is 2. The fraction of sp³-hybridized carbons (Fsp3) is 0.143. The minimum atomic E-state index is 0.537. The van der Waals surface area contributed by atoms with Gasteiger partial charge in [-0.1, -0.05) is 17.7 Å². The maximum Gasteiger partial charge on any atom is 0.142 e. The Hall–Kier alpha value is -1.65. The molecule has 0 spiro atoms. The van der Waals surface area contributed by atoms with Crippen LogP contribution in [0.5, 0.6) is 5.75 Å². The molecule has 2 aromatic heterocycles. The lowest BCUT2D eigenvalue weighted by atomic mass is 10.2. The Bertz CT molecular complexity index is 754. The summed E-state index contributed by atoms with van der Waals surface area (Å²) in [5.74, 6) is 0.633. The number of halogens is 1. The van der Waals surface area contributed by atoms with Gasteiger partial charge in [-0.25, -0.2) is 9.97 Å². The van der Waals surface area contributed by atoms with Crippen molar-refractivity contribution in [2.24, 2.45) is 0 Å². The molecule has 0 fully saturated rings. The molecule has 0 aliphatic carbocycles. The van der Waals surface area contributed by atoms with E-state index in [0.717, 1.165) is 27.3 Å². The highest BCUT2D eigenvalue weighted by Crippen LogP contribution is 2.33. The van der Waals surface area contributed by atoms with Crippen LogP contribution >= 0.6 is 22.9 Å². The lowest BCUT2D eigenvalue weighted by Crippen LogP contribution is -1.89. The molecule has 1 aromatic carbocycles. The summed E-state index contributed by atoms with van der Waals surface area (Å²) in [6, 6.07) is 7.76. The first-order chi connectivity index (χ1) is 9.19. The lowest BCUT2D eigenvalue weighted by molar-refractivity contribution is 0.415. The summed E-state index contributed by atoms with van der Waals surface area (Å²) in [7, 11) is 1.60. The second-order valence-corrected chi connectivity index (χ2v) is 5.38. The molecule has 0 bridgehead atoms. The molecule has 0 unspecified atom stereocenters. The van der Waals surface area contributed by atoms with Crippen molar-refractivity contribution in [2.75, 3.05) is 7.11 Å². The zero-order valence-electron chi connectivity index (χ0n) is 10.5. The van der Waals surface area contributed by atoms with Gasteiger partial charge >= 0.3 is 0 Å². The standard InChI is InChI=1S/C14H11ClN2OS/c1-8-7-19-14(16-8)10-5-3-9-4-6-11(18-2)12(15)13(9)17-10/h3-7H,1-2H3. The molecular weight excluding hydrogens is 280 g/mol. The van der Waals surface area contributed by atoms with Crippen LogP contribution in [0, 0.1) is 6.92 Å². The van der Waals surface area contributed by atoms with Crippen molar-refractivity contribution in [2.45, 2.75) is 6.92 Å². The van der Waals surface area contributed by atoms with E-state index in [1.807, 2.05) is 36.6 Å². The van der Waals surface area contributed by atoms with Gasteiger partial charge in [-0.3, -0.25) is 0 Å². The van der Waals surface area contributed by atoms with Crippen LogP contribution in [0.4, 0.5) is 0 Å². The van der Waals surface area contributed by atoms with E-state index in [1.54, 1.807) is 18.4 Å². The van der Waals surface area contributed by atoms with E-state index in [1.165, 1.54) is 0 Å². The van der Waals surface area contributed by atoms with Gasteiger partial charge in [0.2, 0.25) is 0 Å². The van der Waals surface area contributed by atoms with Crippen LogP contribution in [0.1, 0.15) is 5.69 Å². The molecule has 3 rings (SSSR count). The SMILES string of the molecule is COc1ccc2ccc(-c3nc(C)cs3)nc2c1Cl. The molecule has 0 aliphatic heterocycles. The molecule has 5 heteroatoms. The van der Waals surface area contributed by atoms with Crippen molar-refractivity contribution in [3.8, 4) is 16.5 Å². The van der Waals surface area contributed by atoms with Crippen molar-refractivity contribution < 1.29 is 4.74 Å². The summed E-state index contributed by atoms with van der Waals surface area (Å²) >= 11 is 7.88. The molecule has 96 valence electrons. The summed E-state index contributed by atoms with van der Waals surface area (Å²) in [6.07, 6.45) is 0. The first-order valence-corrected chi connectivity index (χ1v) is 7.00. The van der Waals surface area contributed by atoms with E-state index in [0.29, 0.717) is 10.8 Å². The van der Waals surface area contributed by atoms with Crippen LogP contribution in [-0.4, -0.2) is 17.1 Å².